The van der Waals surface area contributed by atoms with Gasteiger partial charge in [-0.25, -0.2) is 9.18 Å². The molecule has 7 nitrogen and oxygen atoms in total. The third-order valence-corrected chi connectivity index (χ3v) is 2.89. The van der Waals surface area contributed by atoms with Gasteiger partial charge in [-0.3, -0.25) is 14.9 Å². The van der Waals surface area contributed by atoms with Crippen molar-refractivity contribution in [3.05, 3.63) is 64.0 Å². The van der Waals surface area contributed by atoms with Gasteiger partial charge in [-0.1, -0.05) is 0 Å². The van der Waals surface area contributed by atoms with Crippen LogP contribution < -0.4 is 4.74 Å². The molecule has 0 atom stereocenters. The second-order valence-corrected chi connectivity index (χ2v) is 4.51. The first kappa shape index (κ1) is 16.1. The molecule has 0 saturated carbocycles. The van der Waals surface area contributed by atoms with Crippen LogP contribution in [0.2, 0.25) is 0 Å². The van der Waals surface area contributed by atoms with Gasteiger partial charge in [-0.2, -0.15) is 0 Å². The minimum Gasteiger partial charge on any atom is -0.475 e. The first-order valence-corrected chi connectivity index (χ1v) is 6.33. The smallest absolute Gasteiger partial charge is 0.372 e. The Balaban J connectivity index is 2.36. The zero-order valence-electron chi connectivity index (χ0n) is 11.6. The third-order valence-electron chi connectivity index (χ3n) is 2.89. The van der Waals surface area contributed by atoms with E-state index in [9.17, 15) is 24.1 Å². The number of ether oxygens (including phenoxy) is 1. The Morgan fingerprint density at radius 3 is 2.39 bits per heavy atom. The Morgan fingerprint density at radius 2 is 1.83 bits per heavy atom. The van der Waals surface area contributed by atoms with Crippen LogP contribution in [0.5, 0.6) is 11.5 Å². The largest absolute Gasteiger partial charge is 0.475 e. The van der Waals surface area contributed by atoms with E-state index in [1.54, 1.807) is 0 Å². The summed E-state index contributed by atoms with van der Waals surface area (Å²) in [4.78, 5) is 32.2. The van der Waals surface area contributed by atoms with Crippen LogP contribution in [0.3, 0.4) is 0 Å². The molecule has 0 radical (unpaired) electrons. The van der Waals surface area contributed by atoms with Gasteiger partial charge in [-0.15, -0.1) is 0 Å². The number of nitro benzene ring substituents is 1. The van der Waals surface area contributed by atoms with Gasteiger partial charge in [0.1, 0.15) is 17.3 Å². The maximum Gasteiger partial charge on any atom is 0.372 e. The lowest BCUT2D eigenvalue weighted by molar-refractivity contribution is -0.384. The van der Waals surface area contributed by atoms with Crippen LogP contribution in [0.15, 0.2) is 42.5 Å². The lowest BCUT2D eigenvalue weighted by Gasteiger charge is -2.10. The molecule has 0 bridgehead atoms. The normalized spacial score (nSPS) is 10.1. The zero-order chi connectivity index (χ0) is 17.0. The van der Waals surface area contributed by atoms with E-state index in [4.69, 9.17) is 9.84 Å². The number of nitro groups is 1. The quantitative estimate of drug-likeness (QED) is 0.498. The highest BCUT2D eigenvalue weighted by atomic mass is 19.1. The van der Waals surface area contributed by atoms with Crippen LogP contribution >= 0.6 is 0 Å². The monoisotopic (exact) mass is 319 g/mol. The van der Waals surface area contributed by atoms with Crippen molar-refractivity contribution in [3.63, 3.8) is 0 Å². The highest BCUT2D eigenvalue weighted by Gasteiger charge is 2.19. The van der Waals surface area contributed by atoms with E-state index < -0.39 is 28.9 Å². The molecule has 0 spiro atoms. The van der Waals surface area contributed by atoms with Gasteiger partial charge in [0.2, 0.25) is 5.78 Å². The van der Waals surface area contributed by atoms with E-state index >= 15 is 0 Å². The van der Waals surface area contributed by atoms with Gasteiger partial charge in [0.05, 0.1) is 4.92 Å². The summed E-state index contributed by atoms with van der Waals surface area (Å²) in [6, 6.07) is 8.46. The van der Waals surface area contributed by atoms with E-state index in [0.717, 1.165) is 24.3 Å². The van der Waals surface area contributed by atoms with E-state index in [0.29, 0.717) is 0 Å². The van der Waals surface area contributed by atoms with Crippen molar-refractivity contribution in [2.24, 2.45) is 0 Å². The van der Waals surface area contributed by atoms with Crippen LogP contribution in [0.1, 0.15) is 5.56 Å². The minimum atomic E-state index is -1.65. The molecule has 23 heavy (non-hydrogen) atoms. The number of Topliss-reactive ketones (excluding diaryl/α,β-unsaturated/α-hetero) is 1. The van der Waals surface area contributed by atoms with Crippen molar-refractivity contribution in [1.29, 1.82) is 0 Å². The first-order chi connectivity index (χ1) is 10.9. The number of benzene rings is 2. The maximum absolute atomic E-state index is 12.9. The number of carboxylic acid groups (broad SMARTS) is 1. The van der Waals surface area contributed by atoms with Crippen molar-refractivity contribution in [2.75, 3.05) is 0 Å². The molecule has 0 aromatic heterocycles. The van der Waals surface area contributed by atoms with Crippen molar-refractivity contribution in [3.8, 4) is 11.5 Å². The molecule has 2 aromatic carbocycles. The molecule has 0 amide bonds. The summed E-state index contributed by atoms with van der Waals surface area (Å²) in [6.07, 6.45) is -0.562. The number of carbonyl (C=O) groups is 2. The predicted molar refractivity (Wildman–Crippen MR) is 75.9 cm³/mol. The summed E-state index contributed by atoms with van der Waals surface area (Å²) in [5, 5.41) is 19.5. The van der Waals surface area contributed by atoms with E-state index in [1.807, 2.05) is 0 Å². The topological polar surface area (TPSA) is 107 Å². The fourth-order valence-electron chi connectivity index (χ4n) is 1.80. The number of non-ortho nitro benzene ring substituents is 1. The van der Waals surface area contributed by atoms with E-state index in [2.05, 4.69) is 0 Å². The van der Waals surface area contributed by atoms with Crippen molar-refractivity contribution in [1.82, 2.24) is 0 Å². The molecule has 118 valence electrons. The molecule has 0 unspecified atom stereocenters. The average molecular weight is 319 g/mol. The van der Waals surface area contributed by atoms with Crippen molar-refractivity contribution < 1.29 is 28.7 Å². The predicted octanol–water partition coefficient (Wildman–Crippen LogP) is 2.72. The SMILES string of the molecule is O=C(O)C(=O)Cc1cc([N+](=O)[O-])ccc1Oc1ccc(F)cc1. The fourth-order valence-corrected chi connectivity index (χ4v) is 1.80. The molecule has 1 N–H and O–H groups in total. The first-order valence-electron chi connectivity index (χ1n) is 6.33. The Kier molecular flexibility index (Phi) is 4.65. The lowest BCUT2D eigenvalue weighted by atomic mass is 10.1. The number of hydrogen-bond donors (Lipinski definition) is 1. The number of nitrogens with zero attached hydrogens (tertiary/aromatic N) is 1. The molecular formula is C15H10FNO6. The van der Waals surface area contributed by atoms with Crippen molar-refractivity contribution >= 4 is 17.4 Å². The summed E-state index contributed by atoms with van der Waals surface area (Å²) >= 11 is 0. The second-order valence-electron chi connectivity index (χ2n) is 4.51. The molecular weight excluding hydrogens is 309 g/mol. The van der Waals surface area contributed by atoms with Gasteiger partial charge < -0.3 is 9.84 Å². The van der Waals surface area contributed by atoms with Crippen LogP contribution in [0.4, 0.5) is 10.1 Å². The summed E-state index contributed by atoms with van der Waals surface area (Å²) in [7, 11) is 0. The summed E-state index contributed by atoms with van der Waals surface area (Å²) in [5.41, 5.74) is -0.249. The van der Waals surface area contributed by atoms with Crippen LogP contribution in [-0.4, -0.2) is 21.8 Å². The summed E-state index contributed by atoms with van der Waals surface area (Å²) < 4.78 is 18.3. The Bertz CT molecular complexity index is 772. The Labute approximate surface area is 129 Å². The van der Waals surface area contributed by atoms with Crippen LogP contribution in [0.25, 0.3) is 0 Å². The maximum atomic E-state index is 12.9. The number of carbonyl (C=O) groups excluding carboxylic acids is 1. The number of aliphatic carboxylic acids is 1. The second kappa shape index (κ2) is 6.65. The Hall–Kier alpha value is -3.29. The highest BCUT2D eigenvalue weighted by Crippen LogP contribution is 2.29. The standard InChI is InChI=1S/C15H10FNO6/c16-10-1-4-12(5-2-10)23-14-6-3-11(17(21)22)7-9(14)8-13(18)15(19)20/h1-7H,8H2,(H,19,20). The van der Waals surface area contributed by atoms with Crippen molar-refractivity contribution in [2.45, 2.75) is 6.42 Å². The van der Waals surface area contributed by atoms with Gasteiger partial charge in [0.25, 0.3) is 5.69 Å². The number of halogens is 1. The zero-order valence-corrected chi connectivity index (χ0v) is 11.6. The van der Waals surface area contributed by atoms with E-state index in [1.165, 1.54) is 18.2 Å². The molecule has 2 aromatic rings. The van der Waals surface area contributed by atoms with Gasteiger partial charge in [0.15, 0.2) is 0 Å². The van der Waals surface area contributed by atoms with E-state index in [-0.39, 0.29) is 22.7 Å². The lowest BCUT2D eigenvalue weighted by Crippen LogP contribution is -2.15. The third kappa shape index (κ3) is 4.10. The molecule has 2 rings (SSSR count). The highest BCUT2D eigenvalue weighted by molar-refractivity contribution is 6.33. The van der Waals surface area contributed by atoms with Crippen LogP contribution in [0, 0.1) is 15.9 Å². The molecule has 0 aliphatic rings. The molecule has 8 heteroatoms. The fraction of sp³-hybridized carbons (Fsp3) is 0.0667. The minimum absolute atomic E-state index is 0.0518. The van der Waals surface area contributed by atoms with Gasteiger partial charge >= 0.3 is 5.97 Å². The molecule has 0 aliphatic carbocycles. The summed E-state index contributed by atoms with van der Waals surface area (Å²) in [5.74, 6) is -2.93. The summed E-state index contributed by atoms with van der Waals surface area (Å²) in [6.45, 7) is 0. The van der Waals surface area contributed by atoms with Crippen LogP contribution in [-0.2, 0) is 16.0 Å². The molecule has 0 heterocycles. The Morgan fingerprint density at radius 1 is 1.17 bits per heavy atom. The number of rotatable bonds is 6. The molecule has 0 saturated heterocycles. The number of hydrogen-bond acceptors (Lipinski definition) is 5. The number of carboxylic acids is 1. The van der Waals surface area contributed by atoms with Gasteiger partial charge in [0, 0.05) is 24.1 Å². The molecule has 0 fully saturated rings. The molecule has 0 aliphatic heterocycles. The van der Waals surface area contributed by atoms with Gasteiger partial charge in [-0.05, 0) is 30.3 Å². The number of ketones is 1. The average Bonchev–Trinajstić information content (AvgIpc) is 2.50.